The van der Waals surface area contributed by atoms with Crippen molar-refractivity contribution in [2.45, 2.75) is 36.3 Å². The molecule has 2 heterocycles. The molecule has 0 saturated heterocycles. The number of phenols is 17. The van der Waals surface area contributed by atoms with Gasteiger partial charge in [-0.3, -0.25) is 0 Å². The number of carbonyl (C=O) groups excluding carboxylic acids is 2. The second-order valence-electron chi connectivity index (χ2n) is 16.8. The molecule has 73 heavy (non-hydrogen) atoms. The van der Waals surface area contributed by atoms with E-state index in [1.54, 1.807) is 0 Å². The van der Waals surface area contributed by atoms with Crippen LogP contribution in [0.4, 0.5) is 0 Å². The van der Waals surface area contributed by atoms with Crippen LogP contribution in [0.3, 0.4) is 0 Å². The second-order valence-corrected chi connectivity index (χ2v) is 16.8. The summed E-state index contributed by atoms with van der Waals surface area (Å²) in [4.78, 5) is 28.5. The Morgan fingerprint density at radius 2 is 0.726 bits per heavy atom. The van der Waals surface area contributed by atoms with Gasteiger partial charge in [0.15, 0.2) is 81.9 Å². The molecule has 7 aromatic carbocycles. The van der Waals surface area contributed by atoms with Crippen molar-refractivity contribution in [1.29, 1.82) is 0 Å². The molecule has 0 radical (unpaired) electrons. The lowest BCUT2D eigenvalue weighted by Crippen LogP contribution is -2.41. The smallest absolute Gasteiger partial charge is 0.338 e. The summed E-state index contributed by atoms with van der Waals surface area (Å²) >= 11 is 0. The summed E-state index contributed by atoms with van der Waals surface area (Å²) in [6.45, 7) is 0. The second kappa shape index (κ2) is 17.6. The molecular formula is C50H38O23. The number of phenolic OH excluding ortho intramolecular Hbond substituents is 17. The summed E-state index contributed by atoms with van der Waals surface area (Å²) < 4.78 is 25.0. The lowest BCUT2D eigenvalue weighted by atomic mass is 9.73. The van der Waals surface area contributed by atoms with E-state index in [2.05, 4.69) is 0 Å². The quantitative estimate of drug-likeness (QED) is 0.0644. The van der Waals surface area contributed by atoms with Gasteiger partial charge in [-0.25, -0.2) is 9.59 Å². The molecule has 0 bridgehead atoms. The van der Waals surface area contributed by atoms with E-state index in [1.165, 1.54) is 6.07 Å². The van der Waals surface area contributed by atoms with E-state index in [1.807, 2.05) is 0 Å². The van der Waals surface area contributed by atoms with E-state index in [0.717, 1.165) is 54.6 Å². The van der Waals surface area contributed by atoms with Gasteiger partial charge in [0.2, 0.25) is 0 Å². The number of aromatic hydroxyl groups is 17. The highest BCUT2D eigenvalue weighted by Gasteiger charge is 2.53. The molecule has 0 spiro atoms. The van der Waals surface area contributed by atoms with E-state index in [9.17, 15) is 96.4 Å². The van der Waals surface area contributed by atoms with E-state index < -0.39 is 191 Å². The topological polar surface area (TPSA) is 415 Å². The monoisotopic (exact) mass is 1010 g/mol. The van der Waals surface area contributed by atoms with Crippen molar-refractivity contribution in [2.75, 3.05) is 0 Å². The summed E-state index contributed by atoms with van der Waals surface area (Å²) in [6.07, 6.45) is -7.80. The number of esters is 2. The molecule has 0 fully saturated rings. The Morgan fingerprint density at radius 3 is 1.15 bits per heavy atom. The van der Waals surface area contributed by atoms with Gasteiger partial charge in [-0.05, 0) is 48.5 Å². The first kappa shape index (κ1) is 47.7. The summed E-state index contributed by atoms with van der Waals surface area (Å²) in [5, 5.41) is 184. The maximum absolute atomic E-state index is 14.3. The lowest BCUT2D eigenvalue weighted by molar-refractivity contribution is -0.0334. The van der Waals surface area contributed by atoms with Crippen molar-refractivity contribution in [3.63, 3.8) is 0 Å². The van der Waals surface area contributed by atoms with Gasteiger partial charge in [-0.2, -0.15) is 0 Å². The molecule has 2 aliphatic rings. The molecule has 17 N–H and O–H groups in total. The van der Waals surface area contributed by atoms with Gasteiger partial charge < -0.3 is 106 Å². The van der Waals surface area contributed by atoms with E-state index in [-0.39, 0.29) is 11.1 Å². The molecule has 6 atom stereocenters. The van der Waals surface area contributed by atoms with Gasteiger partial charge in [0.1, 0.15) is 51.7 Å². The van der Waals surface area contributed by atoms with Crippen molar-refractivity contribution >= 4 is 11.9 Å². The zero-order valence-electron chi connectivity index (χ0n) is 36.7. The molecule has 0 unspecified atom stereocenters. The summed E-state index contributed by atoms with van der Waals surface area (Å²) in [5.41, 5.74) is -3.90. The maximum Gasteiger partial charge on any atom is 0.338 e. The first-order chi connectivity index (χ1) is 34.5. The molecule has 2 aliphatic heterocycles. The molecule has 9 rings (SSSR count). The van der Waals surface area contributed by atoms with E-state index in [4.69, 9.17) is 18.9 Å². The predicted molar refractivity (Wildman–Crippen MR) is 242 cm³/mol. The van der Waals surface area contributed by atoms with Crippen LogP contribution in [0.1, 0.15) is 78.1 Å². The highest BCUT2D eigenvalue weighted by atomic mass is 16.6. The van der Waals surface area contributed by atoms with Crippen molar-refractivity contribution in [3.8, 4) is 109 Å². The van der Waals surface area contributed by atoms with E-state index in [0.29, 0.717) is 30.3 Å². The molecule has 23 nitrogen and oxygen atoms in total. The third kappa shape index (κ3) is 8.20. The van der Waals surface area contributed by atoms with Gasteiger partial charge in [-0.1, -0.05) is 12.1 Å². The Bertz CT molecular complexity index is 3370. The minimum atomic E-state index is -2.06. The van der Waals surface area contributed by atoms with Crippen LogP contribution in [-0.4, -0.2) is 111 Å². The summed E-state index contributed by atoms with van der Waals surface area (Å²) in [6, 6.07) is 12.9. The Kier molecular flexibility index (Phi) is 11.5. The number of benzene rings is 7. The number of ether oxygens (including phenoxy) is 4. The van der Waals surface area contributed by atoms with Crippen LogP contribution in [0.25, 0.3) is 0 Å². The Labute approximate surface area is 407 Å². The first-order valence-electron chi connectivity index (χ1n) is 21.2. The Hall–Kier alpha value is -10.3. The normalized spacial score (nSPS) is 18.8. The number of hydrogen-bond acceptors (Lipinski definition) is 23. The molecule has 0 aromatic heterocycles. The van der Waals surface area contributed by atoms with Gasteiger partial charge in [0.25, 0.3) is 0 Å². The predicted octanol–water partition coefficient (Wildman–Crippen LogP) is 5.66. The zero-order chi connectivity index (χ0) is 52.6. The van der Waals surface area contributed by atoms with Gasteiger partial charge >= 0.3 is 11.9 Å². The fourth-order valence-corrected chi connectivity index (χ4v) is 9.06. The van der Waals surface area contributed by atoms with Crippen molar-refractivity contribution in [1.82, 2.24) is 0 Å². The fourth-order valence-electron chi connectivity index (χ4n) is 9.06. The average Bonchev–Trinajstić information content (AvgIpc) is 3.31. The minimum absolute atomic E-state index is 0.122. The SMILES string of the molecule is O=C(O[C@@H]1[C@@H](c2c(O)cc(O)c3c2O[C@H](c2ccc(O)c(O)c2)[C@H](OC(=O)c2cc(O)c(O)c(O)c2)[C@H]3c2c(O)cc(O)cc2O)c2c(O)cc(O)cc2O[C@@H]1c1ccc(O)c(O)c1)c1cc(O)c(O)c(O)c1. The van der Waals surface area contributed by atoms with Crippen LogP contribution >= 0.6 is 0 Å². The van der Waals surface area contributed by atoms with Crippen LogP contribution in [0.2, 0.25) is 0 Å². The van der Waals surface area contributed by atoms with Crippen LogP contribution in [0.15, 0.2) is 91.0 Å². The van der Waals surface area contributed by atoms with Gasteiger partial charge in [0.05, 0.1) is 23.0 Å². The number of hydrogen-bond donors (Lipinski definition) is 17. The number of rotatable bonds is 8. The van der Waals surface area contributed by atoms with Crippen molar-refractivity contribution in [2.24, 2.45) is 0 Å². The minimum Gasteiger partial charge on any atom is -0.508 e. The molecule has 23 heteroatoms. The van der Waals surface area contributed by atoms with Gasteiger partial charge in [0, 0.05) is 63.7 Å². The van der Waals surface area contributed by atoms with Crippen LogP contribution < -0.4 is 9.47 Å². The highest BCUT2D eigenvalue weighted by molar-refractivity contribution is 5.92. The standard InChI is InChI=1S/C50H38O23/c51-20-11-26(57)36(27(58)12-20)40-38-29(60)15-30(61)39(46(38)71-45(17-2-4-23(54)25(56)6-17)47(40)72-49(68)18-7-31(62)42(66)32(63)8-18)41-37-28(59)13-21(52)14-35(37)70-44(16-1-3-22(53)24(55)5-16)48(41)73-50(69)19-9-33(64)43(67)34(65)10-19/h1-15,40-41,44-45,47-48,51-67H/t40-,41+,44+,45+,47+,48+/m0/s1. The number of carbonyl (C=O) groups is 2. The maximum atomic E-state index is 14.3. The average molecular weight is 1010 g/mol. The lowest BCUT2D eigenvalue weighted by Gasteiger charge is -2.44. The largest absolute Gasteiger partial charge is 0.508 e. The fraction of sp³-hybridized carbons (Fsp3) is 0.120. The Morgan fingerprint density at radius 1 is 0.356 bits per heavy atom. The highest BCUT2D eigenvalue weighted by Crippen LogP contribution is 2.62. The first-order valence-corrected chi connectivity index (χ1v) is 21.2. The molecule has 0 saturated carbocycles. The molecule has 0 aliphatic carbocycles. The molecule has 0 amide bonds. The van der Waals surface area contributed by atoms with Crippen LogP contribution in [0, 0.1) is 0 Å². The van der Waals surface area contributed by atoms with Crippen LogP contribution in [-0.2, 0) is 9.47 Å². The third-order valence-corrected chi connectivity index (χ3v) is 12.3. The zero-order valence-corrected chi connectivity index (χ0v) is 36.7. The Balaban J connectivity index is 1.37. The van der Waals surface area contributed by atoms with Crippen molar-refractivity contribution in [3.05, 3.63) is 136 Å². The molecule has 376 valence electrons. The number of fused-ring (bicyclic) bond motifs is 2. The van der Waals surface area contributed by atoms with E-state index >= 15 is 0 Å². The molecule has 7 aromatic rings. The summed E-state index contributed by atoms with van der Waals surface area (Å²) in [7, 11) is 0. The van der Waals surface area contributed by atoms with Crippen LogP contribution in [0.5, 0.6) is 109 Å². The van der Waals surface area contributed by atoms with Crippen molar-refractivity contribution < 1.29 is 115 Å². The third-order valence-electron chi connectivity index (χ3n) is 12.3. The molecular weight excluding hydrogens is 969 g/mol. The summed E-state index contributed by atoms with van der Waals surface area (Å²) in [5.74, 6) is -22.8. The van der Waals surface area contributed by atoms with Gasteiger partial charge in [-0.15, -0.1) is 0 Å².